The molecule has 2 aliphatic heterocycles. The van der Waals surface area contributed by atoms with Crippen LogP contribution in [-0.4, -0.2) is 42.1 Å². The van der Waals surface area contributed by atoms with Crippen molar-refractivity contribution in [3.05, 3.63) is 24.3 Å². The molecule has 5 nitrogen and oxygen atoms in total. The zero-order valence-electron chi connectivity index (χ0n) is 12.8. The molecule has 22 heavy (non-hydrogen) atoms. The summed E-state index contributed by atoms with van der Waals surface area (Å²) in [5, 5.41) is 2.87. The van der Waals surface area contributed by atoms with Crippen molar-refractivity contribution < 1.29 is 14.0 Å². The van der Waals surface area contributed by atoms with Crippen LogP contribution in [0.1, 0.15) is 20.3 Å². The molecule has 1 aromatic carbocycles. The second kappa shape index (κ2) is 5.59. The third-order valence-electron chi connectivity index (χ3n) is 4.46. The van der Waals surface area contributed by atoms with Crippen LogP contribution in [0.5, 0.6) is 0 Å². The number of rotatable bonds is 2. The maximum absolute atomic E-state index is 13.1. The number of halogens is 1. The second-order valence-corrected chi connectivity index (χ2v) is 5.99. The number of likely N-dealkylation sites (tertiary alicyclic amines) is 1. The highest BCUT2D eigenvalue weighted by molar-refractivity contribution is 6.11. The van der Waals surface area contributed by atoms with Crippen LogP contribution in [0.2, 0.25) is 0 Å². The predicted octanol–water partition coefficient (Wildman–Crippen LogP) is 2.63. The lowest BCUT2D eigenvalue weighted by Crippen LogP contribution is -2.62. The zero-order chi connectivity index (χ0) is 15.9. The fourth-order valence-electron chi connectivity index (χ4n) is 2.95. The number of urea groups is 1. The minimum absolute atomic E-state index is 0.0137. The number of nitrogens with zero attached hydrogens (tertiary/aromatic N) is 2. The Hall–Kier alpha value is -2.11. The van der Waals surface area contributed by atoms with E-state index in [0.717, 1.165) is 6.42 Å². The molecule has 0 unspecified atom stereocenters. The summed E-state index contributed by atoms with van der Waals surface area (Å²) >= 11 is 0. The molecule has 0 radical (unpaired) electrons. The van der Waals surface area contributed by atoms with Crippen LogP contribution in [0, 0.1) is 5.92 Å². The smallest absolute Gasteiger partial charge is 0.322 e. The molecular weight excluding hydrogens is 285 g/mol. The summed E-state index contributed by atoms with van der Waals surface area (Å²) in [6, 6.07) is 6.38. The highest BCUT2D eigenvalue weighted by Crippen LogP contribution is 2.36. The second-order valence-electron chi connectivity index (χ2n) is 5.99. The highest BCUT2D eigenvalue weighted by Gasteiger charge is 2.43. The predicted molar refractivity (Wildman–Crippen MR) is 82.7 cm³/mol. The van der Waals surface area contributed by atoms with Crippen molar-refractivity contribution in [2.24, 2.45) is 5.92 Å². The van der Waals surface area contributed by atoms with Crippen LogP contribution in [0.25, 0.3) is 0 Å². The average Bonchev–Trinajstić information content (AvgIpc) is 2.49. The first-order valence-electron chi connectivity index (χ1n) is 7.65. The first-order chi connectivity index (χ1) is 10.5. The highest BCUT2D eigenvalue weighted by atomic mass is 19.1. The molecule has 0 aromatic heterocycles. The Labute approximate surface area is 129 Å². The summed E-state index contributed by atoms with van der Waals surface area (Å²) in [5.74, 6) is -0.168. The molecule has 1 saturated heterocycles. The normalized spacial score (nSPS) is 22.7. The van der Waals surface area contributed by atoms with Gasteiger partial charge in [0, 0.05) is 0 Å². The Morgan fingerprint density at radius 1 is 1.41 bits per heavy atom. The summed E-state index contributed by atoms with van der Waals surface area (Å²) in [7, 11) is 0. The number of alkyl halides is 1. The van der Waals surface area contributed by atoms with Gasteiger partial charge in [0.05, 0.1) is 24.5 Å². The Morgan fingerprint density at radius 3 is 2.73 bits per heavy atom. The van der Waals surface area contributed by atoms with Crippen LogP contribution >= 0.6 is 0 Å². The zero-order valence-corrected chi connectivity index (χ0v) is 12.8. The number of fused-ring (bicyclic) bond motifs is 1. The molecule has 0 aliphatic carbocycles. The van der Waals surface area contributed by atoms with E-state index in [2.05, 4.69) is 5.32 Å². The van der Waals surface area contributed by atoms with Crippen molar-refractivity contribution in [1.29, 1.82) is 0 Å². The van der Waals surface area contributed by atoms with Crippen molar-refractivity contribution >= 4 is 23.3 Å². The standard InChI is InChI=1S/C16H20FN3O2/c1-3-10(2)14-15(21)18-12-6-4-5-7-13(12)20(14)16(22)19-8-11(17)9-19/h4-7,10-11,14H,3,8-9H2,1-2H3,(H,18,21)/t10-,14-/m0/s1. The van der Waals surface area contributed by atoms with Crippen LogP contribution < -0.4 is 10.2 Å². The molecular formula is C16H20FN3O2. The van der Waals surface area contributed by atoms with Gasteiger partial charge < -0.3 is 10.2 Å². The van der Waals surface area contributed by atoms with Gasteiger partial charge in [0.2, 0.25) is 5.91 Å². The van der Waals surface area contributed by atoms with Gasteiger partial charge in [0.15, 0.2) is 0 Å². The number of para-hydroxylation sites is 2. The molecule has 2 heterocycles. The minimum Gasteiger partial charge on any atom is -0.322 e. The van der Waals surface area contributed by atoms with E-state index in [1.54, 1.807) is 6.07 Å². The van der Waals surface area contributed by atoms with Gasteiger partial charge in [-0.2, -0.15) is 0 Å². The van der Waals surface area contributed by atoms with Gasteiger partial charge in [-0.05, 0) is 18.1 Å². The molecule has 1 fully saturated rings. The van der Waals surface area contributed by atoms with Crippen molar-refractivity contribution in [3.8, 4) is 0 Å². The topological polar surface area (TPSA) is 52.7 Å². The monoisotopic (exact) mass is 305 g/mol. The van der Waals surface area contributed by atoms with Crippen LogP contribution in [-0.2, 0) is 4.79 Å². The van der Waals surface area contributed by atoms with Crippen LogP contribution in [0.3, 0.4) is 0 Å². The molecule has 1 aromatic rings. The Bertz CT molecular complexity index is 601. The van der Waals surface area contributed by atoms with E-state index in [9.17, 15) is 14.0 Å². The average molecular weight is 305 g/mol. The van der Waals surface area contributed by atoms with E-state index in [4.69, 9.17) is 0 Å². The van der Waals surface area contributed by atoms with Gasteiger partial charge in [-0.25, -0.2) is 9.18 Å². The summed E-state index contributed by atoms with van der Waals surface area (Å²) in [6.07, 6.45) is -0.185. The number of hydrogen-bond donors (Lipinski definition) is 1. The molecule has 0 saturated carbocycles. The third-order valence-corrected chi connectivity index (χ3v) is 4.46. The van der Waals surface area contributed by atoms with Crippen molar-refractivity contribution in [2.45, 2.75) is 32.5 Å². The molecule has 1 N–H and O–H groups in total. The molecule has 0 bridgehead atoms. The van der Waals surface area contributed by atoms with Crippen LogP contribution in [0.15, 0.2) is 24.3 Å². The van der Waals surface area contributed by atoms with Crippen LogP contribution in [0.4, 0.5) is 20.6 Å². The molecule has 0 spiro atoms. The number of carbonyl (C=O) groups excluding carboxylic acids is 2. The van der Waals surface area contributed by atoms with E-state index in [1.807, 2.05) is 32.0 Å². The summed E-state index contributed by atoms with van der Waals surface area (Å²) in [6.45, 7) is 4.15. The first kappa shape index (κ1) is 14.8. The van der Waals surface area contributed by atoms with Gasteiger partial charge in [0.1, 0.15) is 12.2 Å². The molecule has 2 aliphatic rings. The number of hydrogen-bond acceptors (Lipinski definition) is 2. The maximum atomic E-state index is 13.1. The van der Waals surface area contributed by atoms with Gasteiger partial charge >= 0.3 is 6.03 Å². The first-order valence-corrected chi connectivity index (χ1v) is 7.65. The lowest BCUT2D eigenvalue weighted by Gasteiger charge is -2.44. The number of carbonyl (C=O) groups is 2. The molecule has 6 heteroatoms. The SMILES string of the molecule is CC[C@H](C)[C@H]1C(=O)Nc2ccccc2N1C(=O)N1CC(F)C1. The van der Waals surface area contributed by atoms with E-state index >= 15 is 0 Å². The van der Waals surface area contributed by atoms with Gasteiger partial charge in [-0.3, -0.25) is 9.69 Å². The van der Waals surface area contributed by atoms with E-state index in [1.165, 1.54) is 9.80 Å². The van der Waals surface area contributed by atoms with Crippen molar-refractivity contribution in [3.63, 3.8) is 0 Å². The number of anilines is 2. The number of benzene rings is 1. The molecule has 118 valence electrons. The van der Waals surface area contributed by atoms with Gasteiger partial charge in [0.25, 0.3) is 0 Å². The lowest BCUT2D eigenvalue weighted by atomic mass is 9.94. The van der Waals surface area contributed by atoms with Crippen molar-refractivity contribution in [2.75, 3.05) is 23.3 Å². The molecule has 2 atom stereocenters. The van der Waals surface area contributed by atoms with E-state index < -0.39 is 12.2 Å². The Morgan fingerprint density at radius 2 is 2.09 bits per heavy atom. The number of nitrogens with one attached hydrogen (secondary N) is 1. The van der Waals surface area contributed by atoms with Crippen molar-refractivity contribution in [1.82, 2.24) is 4.90 Å². The Kier molecular flexibility index (Phi) is 3.76. The summed E-state index contributed by atoms with van der Waals surface area (Å²) in [4.78, 5) is 28.2. The molecule has 3 rings (SSSR count). The third kappa shape index (κ3) is 2.32. The lowest BCUT2D eigenvalue weighted by molar-refractivity contribution is -0.118. The van der Waals surface area contributed by atoms with Gasteiger partial charge in [-0.1, -0.05) is 32.4 Å². The largest absolute Gasteiger partial charge is 0.325 e. The summed E-state index contributed by atoms with van der Waals surface area (Å²) < 4.78 is 13.1. The summed E-state index contributed by atoms with van der Waals surface area (Å²) in [5.41, 5.74) is 1.30. The van der Waals surface area contributed by atoms with Gasteiger partial charge in [-0.15, -0.1) is 0 Å². The van der Waals surface area contributed by atoms with E-state index in [0.29, 0.717) is 11.4 Å². The molecule has 3 amide bonds. The fourth-order valence-corrected chi connectivity index (χ4v) is 2.95. The fraction of sp³-hybridized carbons (Fsp3) is 0.500. The maximum Gasteiger partial charge on any atom is 0.325 e. The van der Waals surface area contributed by atoms with E-state index in [-0.39, 0.29) is 30.9 Å². The quantitative estimate of drug-likeness (QED) is 0.913. The Balaban J connectivity index is 1.99. The number of amides is 3. The minimum atomic E-state index is -0.958.